The highest BCUT2D eigenvalue weighted by molar-refractivity contribution is 6.21. The SMILES string of the molecule is CC(=O)OC[C@H]1O[C@H](OC(C)=O)[C@H](NC(=O)CCCCCCN2C(=O)c3ccccc3C2=O)[C@@H](OC(C)=O)[C@@H]1OC(C)=O. The average Bonchev–Trinajstić information content (AvgIpc) is 3.16. The van der Waals surface area contributed by atoms with Gasteiger partial charge in [-0.05, 0) is 25.0 Å². The first-order valence-electron chi connectivity index (χ1n) is 13.9. The minimum absolute atomic E-state index is 0.0399. The Morgan fingerprint density at radius 3 is 1.88 bits per heavy atom. The van der Waals surface area contributed by atoms with Crippen LogP contribution in [0.2, 0.25) is 0 Å². The third-order valence-electron chi connectivity index (χ3n) is 6.72. The molecule has 3 rings (SSSR count). The second-order valence-corrected chi connectivity index (χ2v) is 10.2. The number of nitrogens with zero attached hydrogens (tertiary/aromatic N) is 1. The topological polar surface area (TPSA) is 181 Å². The lowest BCUT2D eigenvalue weighted by Crippen LogP contribution is -2.67. The molecule has 0 spiro atoms. The molecule has 2 aliphatic heterocycles. The number of amides is 3. The Morgan fingerprint density at radius 1 is 0.767 bits per heavy atom. The van der Waals surface area contributed by atoms with Gasteiger partial charge in [-0.15, -0.1) is 0 Å². The first kappa shape index (κ1) is 33.2. The van der Waals surface area contributed by atoms with E-state index in [9.17, 15) is 33.6 Å². The highest BCUT2D eigenvalue weighted by Gasteiger charge is 2.52. The molecule has 1 saturated heterocycles. The summed E-state index contributed by atoms with van der Waals surface area (Å²) in [5, 5.41) is 2.66. The number of fused-ring (bicyclic) bond motifs is 1. The van der Waals surface area contributed by atoms with Crippen molar-refractivity contribution in [2.75, 3.05) is 13.2 Å². The number of ether oxygens (including phenoxy) is 5. The van der Waals surface area contributed by atoms with Gasteiger partial charge in [0.25, 0.3) is 11.8 Å². The first-order valence-corrected chi connectivity index (χ1v) is 13.9. The Bertz CT molecular complexity index is 1210. The second-order valence-electron chi connectivity index (χ2n) is 10.2. The van der Waals surface area contributed by atoms with E-state index < -0.39 is 67.0 Å². The third kappa shape index (κ3) is 9.08. The first-order chi connectivity index (χ1) is 20.4. The van der Waals surface area contributed by atoms with Crippen LogP contribution in [0.5, 0.6) is 0 Å². The monoisotopic (exact) mass is 604 g/mol. The molecular weight excluding hydrogens is 568 g/mol. The van der Waals surface area contributed by atoms with E-state index in [1.165, 1.54) is 4.90 Å². The highest BCUT2D eigenvalue weighted by atomic mass is 16.7. The number of imide groups is 1. The maximum Gasteiger partial charge on any atom is 0.305 e. The van der Waals surface area contributed by atoms with Gasteiger partial charge < -0.3 is 29.0 Å². The summed E-state index contributed by atoms with van der Waals surface area (Å²) in [7, 11) is 0. The molecule has 0 aliphatic carbocycles. The number of carbonyl (C=O) groups excluding carboxylic acids is 7. The van der Waals surface area contributed by atoms with Crippen LogP contribution in [0, 0.1) is 0 Å². The summed E-state index contributed by atoms with van der Waals surface area (Å²) < 4.78 is 26.8. The number of nitrogens with one attached hydrogen (secondary N) is 1. The van der Waals surface area contributed by atoms with Crippen LogP contribution in [0.25, 0.3) is 0 Å². The minimum atomic E-state index is -1.46. The molecule has 1 N–H and O–H groups in total. The predicted molar refractivity (Wildman–Crippen MR) is 145 cm³/mol. The maximum absolute atomic E-state index is 12.9. The van der Waals surface area contributed by atoms with Crippen molar-refractivity contribution < 1.29 is 57.2 Å². The van der Waals surface area contributed by atoms with Crippen molar-refractivity contribution in [3.63, 3.8) is 0 Å². The average molecular weight is 605 g/mol. The van der Waals surface area contributed by atoms with Crippen LogP contribution in [-0.4, -0.2) is 90.3 Å². The van der Waals surface area contributed by atoms with Gasteiger partial charge in [-0.25, -0.2) is 0 Å². The van der Waals surface area contributed by atoms with E-state index in [0.29, 0.717) is 36.8 Å². The zero-order valence-corrected chi connectivity index (χ0v) is 24.5. The molecule has 14 heteroatoms. The fourth-order valence-corrected chi connectivity index (χ4v) is 4.93. The second kappa shape index (κ2) is 15.2. The van der Waals surface area contributed by atoms with E-state index >= 15 is 0 Å². The fourth-order valence-electron chi connectivity index (χ4n) is 4.93. The van der Waals surface area contributed by atoms with Crippen molar-refractivity contribution in [2.45, 2.75) is 90.4 Å². The molecule has 2 aliphatic rings. The van der Waals surface area contributed by atoms with Gasteiger partial charge in [0.1, 0.15) is 18.8 Å². The van der Waals surface area contributed by atoms with Crippen molar-refractivity contribution in [1.29, 1.82) is 0 Å². The number of carbonyl (C=O) groups is 7. The Morgan fingerprint density at radius 2 is 1.33 bits per heavy atom. The van der Waals surface area contributed by atoms with E-state index in [2.05, 4.69) is 5.32 Å². The number of hydrogen-bond donors (Lipinski definition) is 1. The van der Waals surface area contributed by atoms with Gasteiger partial charge in [-0.1, -0.05) is 25.0 Å². The number of unbranched alkanes of at least 4 members (excludes halogenated alkanes) is 3. The van der Waals surface area contributed by atoms with Crippen LogP contribution < -0.4 is 5.32 Å². The molecular formula is C29H36N2O12. The van der Waals surface area contributed by atoms with Gasteiger partial charge in [-0.3, -0.25) is 38.5 Å². The molecule has 1 aromatic rings. The van der Waals surface area contributed by atoms with Crippen LogP contribution in [-0.2, 0) is 47.7 Å². The molecule has 1 aromatic carbocycles. The smallest absolute Gasteiger partial charge is 0.305 e. The summed E-state index contributed by atoms with van der Waals surface area (Å²) in [5.74, 6) is -4.06. The van der Waals surface area contributed by atoms with Crippen molar-refractivity contribution in [3.05, 3.63) is 35.4 Å². The van der Waals surface area contributed by atoms with Crippen molar-refractivity contribution in [2.24, 2.45) is 0 Å². The van der Waals surface area contributed by atoms with Gasteiger partial charge in [0.05, 0.1) is 11.1 Å². The molecule has 0 saturated carbocycles. The Kier molecular flexibility index (Phi) is 11.8. The van der Waals surface area contributed by atoms with Crippen LogP contribution in [0.4, 0.5) is 0 Å². The fraction of sp³-hybridized carbons (Fsp3) is 0.552. The van der Waals surface area contributed by atoms with Gasteiger partial charge in [0, 0.05) is 40.7 Å². The summed E-state index contributed by atoms with van der Waals surface area (Å²) in [6.07, 6.45) is -3.00. The third-order valence-corrected chi connectivity index (χ3v) is 6.72. The lowest BCUT2D eigenvalue weighted by atomic mass is 9.95. The standard InChI is InChI=1S/C29H36N2O12/c1-16(32)39-15-22-25(40-17(2)33)26(41-18(3)34)24(29(43-22)42-19(4)35)30-23(36)13-7-5-6-10-14-31-27(37)20-11-8-9-12-21(20)28(31)38/h8-9,11-12,22,24-26,29H,5-7,10,13-15H2,1-4H3,(H,30,36)/t22-,24-,25-,26-,29+/m1/s1. The van der Waals surface area contributed by atoms with Gasteiger partial charge in [0.15, 0.2) is 12.2 Å². The van der Waals surface area contributed by atoms with Crippen LogP contribution >= 0.6 is 0 Å². The summed E-state index contributed by atoms with van der Waals surface area (Å²) in [6.45, 7) is 4.35. The molecule has 14 nitrogen and oxygen atoms in total. The number of hydrogen-bond acceptors (Lipinski definition) is 12. The normalized spacial score (nSPS) is 22.8. The molecule has 5 atom stereocenters. The zero-order chi connectivity index (χ0) is 31.7. The predicted octanol–water partition coefficient (Wildman–Crippen LogP) is 1.43. The van der Waals surface area contributed by atoms with E-state index in [0.717, 1.165) is 27.7 Å². The molecule has 1 fully saturated rings. The van der Waals surface area contributed by atoms with E-state index in [-0.39, 0.29) is 24.8 Å². The highest BCUT2D eigenvalue weighted by Crippen LogP contribution is 2.28. The zero-order valence-electron chi connectivity index (χ0n) is 24.5. The summed E-state index contributed by atoms with van der Waals surface area (Å²) in [4.78, 5) is 86.3. The Labute approximate surface area is 248 Å². The lowest BCUT2D eigenvalue weighted by Gasteiger charge is -2.44. The van der Waals surface area contributed by atoms with Crippen LogP contribution in [0.3, 0.4) is 0 Å². The number of esters is 4. The van der Waals surface area contributed by atoms with Crippen molar-refractivity contribution in [3.8, 4) is 0 Å². The summed E-state index contributed by atoms with van der Waals surface area (Å²) in [6, 6.07) is 5.40. The molecule has 3 amide bonds. The Hall–Kier alpha value is -4.33. The summed E-state index contributed by atoms with van der Waals surface area (Å²) >= 11 is 0. The molecule has 0 bridgehead atoms. The van der Waals surface area contributed by atoms with E-state index in [1.807, 2.05) is 0 Å². The molecule has 43 heavy (non-hydrogen) atoms. The maximum atomic E-state index is 12.9. The summed E-state index contributed by atoms with van der Waals surface area (Å²) in [5.41, 5.74) is 0.784. The molecule has 234 valence electrons. The molecule has 2 heterocycles. The quantitative estimate of drug-likeness (QED) is 0.148. The van der Waals surface area contributed by atoms with Crippen LogP contribution in [0.15, 0.2) is 24.3 Å². The Balaban J connectivity index is 1.59. The van der Waals surface area contributed by atoms with Crippen LogP contribution in [0.1, 0.15) is 80.5 Å². The van der Waals surface area contributed by atoms with Gasteiger partial charge >= 0.3 is 23.9 Å². The lowest BCUT2D eigenvalue weighted by molar-refractivity contribution is -0.271. The number of rotatable bonds is 13. The van der Waals surface area contributed by atoms with Gasteiger partial charge in [0.2, 0.25) is 12.2 Å². The minimum Gasteiger partial charge on any atom is -0.463 e. The van der Waals surface area contributed by atoms with E-state index in [4.69, 9.17) is 23.7 Å². The molecule has 0 unspecified atom stereocenters. The number of benzene rings is 1. The van der Waals surface area contributed by atoms with E-state index in [1.54, 1.807) is 24.3 Å². The van der Waals surface area contributed by atoms with Crippen molar-refractivity contribution in [1.82, 2.24) is 10.2 Å². The largest absolute Gasteiger partial charge is 0.463 e. The molecule has 0 radical (unpaired) electrons. The van der Waals surface area contributed by atoms with Crippen molar-refractivity contribution >= 4 is 41.6 Å². The van der Waals surface area contributed by atoms with Gasteiger partial charge in [-0.2, -0.15) is 0 Å². The molecule has 0 aromatic heterocycles.